The summed E-state index contributed by atoms with van der Waals surface area (Å²) in [5.74, 6) is -2.67. The van der Waals surface area contributed by atoms with Crippen LogP contribution in [0.15, 0.2) is 67.3 Å². The van der Waals surface area contributed by atoms with Gasteiger partial charge < -0.3 is 28.8 Å². The molecule has 1 aromatic heterocycles. The summed E-state index contributed by atoms with van der Waals surface area (Å²) in [5, 5.41) is 12.5. The van der Waals surface area contributed by atoms with Crippen molar-refractivity contribution in [2.24, 2.45) is 17.3 Å². The summed E-state index contributed by atoms with van der Waals surface area (Å²) in [6, 6.07) is 12.5. The van der Waals surface area contributed by atoms with Gasteiger partial charge in [0.25, 0.3) is 11.8 Å². The average Bonchev–Trinajstić information content (AvgIpc) is 3.58. The van der Waals surface area contributed by atoms with Gasteiger partial charge in [0, 0.05) is 31.5 Å². The Labute approximate surface area is 403 Å². The van der Waals surface area contributed by atoms with Crippen LogP contribution in [-0.4, -0.2) is 81.1 Å². The Hall–Kier alpha value is -5.25. The average molecular weight is 957 g/mol. The highest BCUT2D eigenvalue weighted by Gasteiger charge is 2.53. The lowest BCUT2D eigenvalue weighted by atomic mass is 9.71. The van der Waals surface area contributed by atoms with Gasteiger partial charge in [-0.3, -0.25) is 28.9 Å². The van der Waals surface area contributed by atoms with E-state index in [0.717, 1.165) is 65.7 Å². The molecule has 2 amide bonds. The molecule has 4 heterocycles. The van der Waals surface area contributed by atoms with Crippen LogP contribution in [0.5, 0.6) is 5.75 Å². The number of aryl methyl sites for hydroxylation is 1. The predicted octanol–water partition coefficient (Wildman–Crippen LogP) is 10.2. The monoisotopic (exact) mass is 956 g/mol. The molecule has 1 N–H and O–H groups in total. The van der Waals surface area contributed by atoms with Gasteiger partial charge in [-0.15, -0.1) is 17.9 Å². The van der Waals surface area contributed by atoms with Crippen LogP contribution >= 0.6 is 11.3 Å². The molecule has 6 rings (SSSR count). The zero-order valence-electron chi connectivity index (χ0n) is 40.2. The third kappa shape index (κ3) is 14.2. The van der Waals surface area contributed by atoms with E-state index in [-0.39, 0.29) is 48.6 Å². The highest BCUT2D eigenvalue weighted by atomic mass is 32.1. The molecule has 68 heavy (non-hydrogen) atoms. The molecule has 14 nitrogen and oxygen atoms in total. The molecule has 2 fully saturated rings. The van der Waals surface area contributed by atoms with Crippen LogP contribution < -0.4 is 4.74 Å². The number of Topliss-reactive ketones (excluding diaryl/α,β-unsaturated/α-hetero) is 1. The lowest BCUT2D eigenvalue weighted by Crippen LogP contribution is -2.47. The van der Waals surface area contributed by atoms with E-state index in [4.69, 9.17) is 23.7 Å². The molecule has 0 radical (unpaired) electrons. The quantitative estimate of drug-likeness (QED) is 0.0317. The van der Waals surface area contributed by atoms with Crippen molar-refractivity contribution in [3.8, 4) is 5.75 Å². The second-order valence-electron chi connectivity index (χ2n) is 19.4. The van der Waals surface area contributed by atoms with Gasteiger partial charge in [0.1, 0.15) is 30.3 Å². The molecular formula is C53H68N2O12S. The number of imide groups is 1. The van der Waals surface area contributed by atoms with Crippen molar-refractivity contribution in [3.05, 3.63) is 83.4 Å². The van der Waals surface area contributed by atoms with Crippen LogP contribution in [0, 0.1) is 24.2 Å². The minimum atomic E-state index is -1.44. The van der Waals surface area contributed by atoms with Gasteiger partial charge in [0.2, 0.25) is 0 Å². The highest BCUT2D eigenvalue weighted by molar-refractivity contribution is 7.18. The number of nitrogens with zero attached hydrogens (tertiary/aromatic N) is 2. The number of hydrogen-bond donors (Lipinski definition) is 1. The number of unbranched alkanes of at least 4 members (excludes halogenated alkanes) is 7. The molecule has 7 unspecified atom stereocenters. The minimum absolute atomic E-state index is 0.134. The van der Waals surface area contributed by atoms with Gasteiger partial charge in [-0.05, 0) is 87.3 Å². The third-order valence-corrected chi connectivity index (χ3v) is 14.6. The summed E-state index contributed by atoms with van der Waals surface area (Å²) < 4.78 is 30.5. The van der Waals surface area contributed by atoms with Crippen LogP contribution in [-0.2, 0) is 49.5 Å². The molecule has 0 bridgehead atoms. The smallest absolute Gasteiger partial charge is 0.457 e. The summed E-state index contributed by atoms with van der Waals surface area (Å²) >= 11 is 1.59. The summed E-state index contributed by atoms with van der Waals surface area (Å²) in [6.07, 6.45) is 10.0. The van der Waals surface area contributed by atoms with Crippen LogP contribution in [0.4, 0.5) is 4.79 Å². The van der Waals surface area contributed by atoms with E-state index in [1.807, 2.05) is 39.0 Å². The Kier molecular flexibility index (Phi) is 18.3. The zero-order chi connectivity index (χ0) is 49.0. The largest absolute Gasteiger partial charge is 0.508 e. The van der Waals surface area contributed by atoms with Gasteiger partial charge >= 0.3 is 18.1 Å². The number of esters is 2. The van der Waals surface area contributed by atoms with Crippen molar-refractivity contribution in [1.29, 1.82) is 0 Å². The van der Waals surface area contributed by atoms with Gasteiger partial charge in [0.05, 0.1) is 50.8 Å². The molecule has 368 valence electrons. The molecule has 15 heteroatoms. The summed E-state index contributed by atoms with van der Waals surface area (Å²) in [6.45, 7) is 13.3. The maximum absolute atomic E-state index is 14.5. The molecule has 0 aliphatic carbocycles. The number of rotatable bonds is 18. The zero-order valence-corrected chi connectivity index (χ0v) is 41.0. The number of thiazole rings is 1. The summed E-state index contributed by atoms with van der Waals surface area (Å²) in [7, 11) is 0. The lowest BCUT2D eigenvalue weighted by Gasteiger charge is -2.37. The number of aliphatic hydroxyl groups is 1. The van der Waals surface area contributed by atoms with E-state index in [2.05, 4.69) is 11.6 Å². The second-order valence-corrected chi connectivity index (χ2v) is 20.6. The van der Waals surface area contributed by atoms with E-state index in [0.29, 0.717) is 56.4 Å². The lowest BCUT2D eigenvalue weighted by molar-refractivity contribution is -0.157. The molecular weight excluding hydrogens is 889 g/mol. The van der Waals surface area contributed by atoms with Crippen LogP contribution in [0.25, 0.3) is 10.2 Å². The van der Waals surface area contributed by atoms with E-state index < -0.39 is 53.8 Å². The van der Waals surface area contributed by atoms with Crippen molar-refractivity contribution in [1.82, 2.24) is 9.88 Å². The molecule has 3 aromatic rings. The Morgan fingerprint density at radius 2 is 1.63 bits per heavy atom. The van der Waals surface area contributed by atoms with Gasteiger partial charge in [0.15, 0.2) is 0 Å². The van der Waals surface area contributed by atoms with Gasteiger partial charge in [-0.2, -0.15) is 0 Å². The third-order valence-electron chi connectivity index (χ3n) is 13.7. The van der Waals surface area contributed by atoms with E-state index in [9.17, 15) is 33.9 Å². The number of ether oxygens (including phenoxy) is 5. The molecule has 3 aliphatic rings. The highest BCUT2D eigenvalue weighted by Crippen LogP contribution is 2.47. The molecule has 2 saturated heterocycles. The van der Waals surface area contributed by atoms with E-state index in [1.54, 1.807) is 55.5 Å². The molecule has 0 saturated carbocycles. The first-order valence-corrected chi connectivity index (χ1v) is 25.0. The predicted molar refractivity (Wildman–Crippen MR) is 256 cm³/mol. The van der Waals surface area contributed by atoms with Crippen molar-refractivity contribution in [2.75, 3.05) is 6.54 Å². The minimum Gasteiger partial charge on any atom is -0.457 e. The van der Waals surface area contributed by atoms with Crippen LogP contribution in [0.2, 0.25) is 0 Å². The Morgan fingerprint density at radius 3 is 2.32 bits per heavy atom. The number of hydrogen-bond acceptors (Lipinski definition) is 14. The molecule has 0 spiro atoms. The number of benzene rings is 2. The van der Waals surface area contributed by atoms with Gasteiger partial charge in [-0.25, -0.2) is 9.78 Å². The van der Waals surface area contributed by atoms with E-state index >= 15 is 0 Å². The number of epoxide rings is 1. The topological polar surface area (TPSA) is 188 Å². The molecule has 3 aliphatic heterocycles. The maximum Gasteiger partial charge on any atom is 0.508 e. The first-order valence-electron chi connectivity index (χ1n) is 24.2. The number of carbonyl (C=O) groups is 6. The first kappa shape index (κ1) is 52.1. The number of aliphatic hydroxyl groups excluding tert-OH is 1. The van der Waals surface area contributed by atoms with Gasteiger partial charge in [-0.1, -0.05) is 90.0 Å². The van der Waals surface area contributed by atoms with Crippen LogP contribution in [0.3, 0.4) is 0 Å². The fourth-order valence-electron chi connectivity index (χ4n) is 9.26. The standard InChI is InChI=1S/C53H68N2O12S/c1-7-17-39-49(66-51(62)63-33-36-20-23-38(24-21-36)64-47(59)19-14-12-10-8-9-11-13-15-29-55-45(57)26-27-46(55)58)34(2)18-16-28-53(6)44(67-53)31-41(37-22-25-42-40(30-37)54-35(3)68-42)65-48(60)32-43(56)52(4,5)50(39)61/h7,20-27,30,34,39,41,43-44,49,56H,1,8-19,28-29,31-33H2,2-6H3. The number of allylic oxidation sites excluding steroid dienone is 1. The second kappa shape index (κ2) is 23.9. The Morgan fingerprint density at radius 1 is 0.956 bits per heavy atom. The fraction of sp³-hybridized carbons (Fsp3) is 0.566. The summed E-state index contributed by atoms with van der Waals surface area (Å²) in [4.78, 5) is 83.3. The van der Waals surface area contributed by atoms with Crippen molar-refractivity contribution >= 4 is 57.2 Å². The first-order chi connectivity index (χ1) is 32.5. The van der Waals surface area contributed by atoms with Crippen molar-refractivity contribution in [2.45, 2.75) is 168 Å². The fourth-order valence-corrected chi connectivity index (χ4v) is 10.1. The normalized spacial score (nSPS) is 25.5. The van der Waals surface area contributed by atoms with E-state index in [1.165, 1.54) is 17.1 Å². The number of ketones is 1. The summed E-state index contributed by atoms with van der Waals surface area (Å²) in [5.41, 5.74) is 0.333. The van der Waals surface area contributed by atoms with Crippen molar-refractivity contribution < 1.29 is 57.6 Å². The van der Waals surface area contributed by atoms with Crippen molar-refractivity contribution in [3.63, 3.8) is 0 Å². The Balaban J connectivity index is 0.984. The Bertz CT molecular complexity index is 2290. The number of aromatic nitrogens is 1. The number of carbonyl (C=O) groups excluding carboxylic acids is 6. The molecule has 7 atom stereocenters. The number of cyclic esters (lactones) is 1. The number of amides is 2. The number of fused-ring (bicyclic) bond motifs is 2. The van der Waals surface area contributed by atoms with Crippen LogP contribution in [0.1, 0.15) is 146 Å². The maximum atomic E-state index is 14.5. The molecule has 2 aromatic carbocycles. The SMILES string of the molecule is C=CCC1C(=O)C(C)(C)C(O)CC(=O)OC(c2ccc3sc(C)nc3c2)CC2OC2(C)CCCC(C)C1OC(=O)OCc1ccc(OC(=O)CCCCCCCCCCN2C(=O)C=CC2=O)cc1.